The molecule has 0 fully saturated rings. The second-order valence-corrected chi connectivity index (χ2v) is 8.61. The van der Waals surface area contributed by atoms with Crippen LogP contribution in [0.25, 0.3) is 0 Å². The van der Waals surface area contributed by atoms with Crippen LogP contribution in [0, 0.1) is 0 Å². The number of carbonyl (C=O) groups excluding carboxylic acids is 1. The lowest BCUT2D eigenvalue weighted by Crippen LogP contribution is -2.28. The fourth-order valence-corrected chi connectivity index (χ4v) is 4.40. The van der Waals surface area contributed by atoms with Crippen LogP contribution in [0.5, 0.6) is 0 Å². The number of hydrogen-bond donors (Lipinski definition) is 0. The van der Waals surface area contributed by atoms with Gasteiger partial charge < -0.3 is 4.90 Å². The monoisotopic (exact) mass is 483 g/mol. The Morgan fingerprint density at radius 3 is 2.37 bits per heavy atom. The molecule has 0 unspecified atom stereocenters. The van der Waals surface area contributed by atoms with Crippen molar-refractivity contribution in [3.05, 3.63) is 98.4 Å². The van der Waals surface area contributed by atoms with E-state index in [1.54, 1.807) is 0 Å². The van der Waals surface area contributed by atoms with E-state index in [2.05, 4.69) is 67.1 Å². The van der Waals surface area contributed by atoms with Crippen LogP contribution < -0.4 is 4.90 Å². The topological polar surface area (TPSA) is 20.3 Å². The molecule has 0 radical (unpaired) electrons. The van der Waals surface area contributed by atoms with Crippen LogP contribution in [0.4, 0.5) is 5.69 Å². The minimum absolute atomic E-state index is 0.0215. The van der Waals surface area contributed by atoms with Crippen LogP contribution in [0.1, 0.15) is 33.9 Å². The second-order valence-electron chi connectivity index (χ2n) is 6.78. The standard InChI is InChI=1S/C23H19Br2NO/c24-19-8-6-16(7-9-19)22(15-23(27)17-4-2-1-3-5-17)26-13-12-18-14-20(25)10-11-21(18)26/h1-11,14,22H,12-13,15H2/t22-/m1/s1. The van der Waals surface area contributed by atoms with Crippen molar-refractivity contribution in [1.29, 1.82) is 0 Å². The molecule has 1 atom stereocenters. The van der Waals surface area contributed by atoms with Crippen molar-refractivity contribution >= 4 is 43.3 Å². The van der Waals surface area contributed by atoms with E-state index in [0.29, 0.717) is 6.42 Å². The molecule has 0 N–H and O–H groups in total. The molecular weight excluding hydrogens is 466 g/mol. The van der Waals surface area contributed by atoms with Gasteiger partial charge in [-0.2, -0.15) is 0 Å². The van der Waals surface area contributed by atoms with Gasteiger partial charge in [0, 0.05) is 33.2 Å². The summed E-state index contributed by atoms with van der Waals surface area (Å²) < 4.78 is 2.15. The number of benzene rings is 3. The molecule has 1 aliphatic rings. The molecule has 4 heteroatoms. The van der Waals surface area contributed by atoms with Crippen LogP contribution >= 0.6 is 31.9 Å². The van der Waals surface area contributed by atoms with Gasteiger partial charge in [0.1, 0.15) is 0 Å². The average molecular weight is 485 g/mol. The number of Topliss-reactive ketones (excluding diaryl/α,β-unsaturated/α-hetero) is 1. The summed E-state index contributed by atoms with van der Waals surface area (Å²) in [4.78, 5) is 15.4. The van der Waals surface area contributed by atoms with Gasteiger partial charge in [0.05, 0.1) is 6.04 Å². The second kappa shape index (κ2) is 7.99. The molecular formula is C23H19Br2NO. The number of halogens is 2. The Kier molecular flexibility index (Phi) is 5.46. The van der Waals surface area contributed by atoms with Crippen molar-refractivity contribution < 1.29 is 4.79 Å². The summed E-state index contributed by atoms with van der Waals surface area (Å²) in [5, 5.41) is 0. The van der Waals surface area contributed by atoms with Gasteiger partial charge in [0.2, 0.25) is 0 Å². The van der Waals surface area contributed by atoms with Crippen molar-refractivity contribution in [2.75, 3.05) is 11.4 Å². The third-order valence-corrected chi connectivity index (χ3v) is 6.10. The van der Waals surface area contributed by atoms with Crippen molar-refractivity contribution in [3.8, 4) is 0 Å². The highest BCUT2D eigenvalue weighted by Crippen LogP contribution is 2.38. The van der Waals surface area contributed by atoms with E-state index in [0.717, 1.165) is 27.5 Å². The molecule has 136 valence electrons. The molecule has 0 amide bonds. The van der Waals surface area contributed by atoms with Crippen molar-refractivity contribution in [3.63, 3.8) is 0 Å². The average Bonchev–Trinajstić information content (AvgIpc) is 3.10. The molecule has 4 rings (SSSR count). The fraction of sp³-hybridized carbons (Fsp3) is 0.174. The van der Waals surface area contributed by atoms with Gasteiger partial charge in [-0.1, -0.05) is 74.3 Å². The maximum absolute atomic E-state index is 13.0. The minimum atomic E-state index is 0.0215. The molecule has 1 heterocycles. The molecule has 0 saturated heterocycles. The highest BCUT2D eigenvalue weighted by Gasteiger charge is 2.29. The first kappa shape index (κ1) is 18.5. The summed E-state index contributed by atoms with van der Waals surface area (Å²) in [5.74, 6) is 0.175. The van der Waals surface area contributed by atoms with Gasteiger partial charge in [-0.25, -0.2) is 0 Å². The van der Waals surface area contributed by atoms with E-state index in [1.165, 1.54) is 16.8 Å². The Hall–Kier alpha value is -1.91. The normalized spacial score (nSPS) is 14.1. The number of nitrogens with zero attached hydrogens (tertiary/aromatic N) is 1. The van der Waals surface area contributed by atoms with Crippen molar-refractivity contribution in [2.24, 2.45) is 0 Å². The molecule has 1 aliphatic heterocycles. The van der Waals surface area contributed by atoms with Crippen LogP contribution in [0.2, 0.25) is 0 Å². The Labute approximate surface area is 176 Å². The van der Waals surface area contributed by atoms with E-state index in [1.807, 2.05) is 42.5 Å². The van der Waals surface area contributed by atoms with Crippen LogP contribution in [-0.2, 0) is 6.42 Å². The summed E-state index contributed by atoms with van der Waals surface area (Å²) >= 11 is 7.08. The summed E-state index contributed by atoms with van der Waals surface area (Å²) in [7, 11) is 0. The number of hydrogen-bond acceptors (Lipinski definition) is 2. The maximum atomic E-state index is 13.0. The Morgan fingerprint density at radius 2 is 1.63 bits per heavy atom. The van der Waals surface area contributed by atoms with Crippen LogP contribution in [-0.4, -0.2) is 12.3 Å². The third-order valence-electron chi connectivity index (χ3n) is 5.08. The molecule has 3 aromatic carbocycles. The predicted molar refractivity (Wildman–Crippen MR) is 117 cm³/mol. The fourth-order valence-electron chi connectivity index (χ4n) is 3.73. The highest BCUT2D eigenvalue weighted by atomic mass is 79.9. The number of ketones is 1. The van der Waals surface area contributed by atoms with E-state index in [9.17, 15) is 4.79 Å². The zero-order chi connectivity index (χ0) is 18.8. The zero-order valence-corrected chi connectivity index (χ0v) is 17.9. The van der Waals surface area contributed by atoms with Gasteiger partial charge in [-0.15, -0.1) is 0 Å². The summed E-state index contributed by atoms with van der Waals surface area (Å²) in [6, 6.07) is 24.4. The lowest BCUT2D eigenvalue weighted by Gasteiger charge is -2.30. The molecule has 3 aromatic rings. The van der Waals surface area contributed by atoms with E-state index in [-0.39, 0.29) is 11.8 Å². The Morgan fingerprint density at radius 1 is 0.926 bits per heavy atom. The van der Waals surface area contributed by atoms with Gasteiger partial charge in [-0.3, -0.25) is 4.79 Å². The smallest absolute Gasteiger partial charge is 0.165 e. The van der Waals surface area contributed by atoms with Gasteiger partial charge >= 0.3 is 0 Å². The van der Waals surface area contributed by atoms with E-state index in [4.69, 9.17) is 0 Å². The molecule has 0 aliphatic carbocycles. The first-order chi connectivity index (χ1) is 13.1. The lowest BCUT2D eigenvalue weighted by atomic mass is 9.96. The quantitative estimate of drug-likeness (QED) is 0.381. The predicted octanol–water partition coefficient (Wildman–Crippen LogP) is 6.59. The van der Waals surface area contributed by atoms with E-state index >= 15 is 0 Å². The van der Waals surface area contributed by atoms with E-state index < -0.39 is 0 Å². The Balaban J connectivity index is 1.69. The van der Waals surface area contributed by atoms with Gasteiger partial charge in [0.15, 0.2) is 5.78 Å². The largest absolute Gasteiger partial charge is 0.363 e. The number of rotatable bonds is 5. The molecule has 2 nitrogen and oxygen atoms in total. The molecule has 0 spiro atoms. The zero-order valence-electron chi connectivity index (χ0n) is 14.7. The van der Waals surface area contributed by atoms with Crippen LogP contribution in [0.3, 0.4) is 0 Å². The first-order valence-corrected chi connectivity index (χ1v) is 10.6. The lowest BCUT2D eigenvalue weighted by molar-refractivity contribution is 0.0973. The molecule has 0 bridgehead atoms. The molecule has 0 aromatic heterocycles. The minimum Gasteiger partial charge on any atom is -0.363 e. The van der Waals surface area contributed by atoms with Gasteiger partial charge in [0.25, 0.3) is 0 Å². The summed E-state index contributed by atoms with van der Waals surface area (Å²) in [5.41, 5.74) is 4.50. The third kappa shape index (κ3) is 4.02. The van der Waals surface area contributed by atoms with Crippen LogP contribution in [0.15, 0.2) is 81.7 Å². The molecule has 0 saturated carbocycles. The maximum Gasteiger partial charge on any atom is 0.165 e. The first-order valence-electron chi connectivity index (χ1n) is 9.00. The molecule has 27 heavy (non-hydrogen) atoms. The van der Waals surface area contributed by atoms with Crippen molar-refractivity contribution in [2.45, 2.75) is 18.9 Å². The SMILES string of the molecule is O=C(C[C@H](c1ccc(Br)cc1)N1CCc2cc(Br)ccc21)c1ccccc1. The number of anilines is 1. The summed E-state index contributed by atoms with van der Waals surface area (Å²) in [6.07, 6.45) is 1.46. The van der Waals surface area contributed by atoms with Crippen molar-refractivity contribution in [1.82, 2.24) is 0 Å². The number of carbonyl (C=O) groups is 1. The Bertz CT molecular complexity index is 954. The van der Waals surface area contributed by atoms with Gasteiger partial charge in [-0.05, 0) is 47.9 Å². The summed E-state index contributed by atoms with van der Waals surface area (Å²) in [6.45, 7) is 0.925. The highest BCUT2D eigenvalue weighted by molar-refractivity contribution is 9.10. The number of fused-ring (bicyclic) bond motifs is 1.